The summed E-state index contributed by atoms with van der Waals surface area (Å²) in [5, 5.41) is 13.7. The second-order valence-electron chi connectivity index (χ2n) is 4.17. The molecule has 90 valence electrons. The number of hydrogen-bond donors (Lipinski definition) is 0. The van der Waals surface area contributed by atoms with Crippen molar-refractivity contribution in [1.29, 1.82) is 0 Å². The van der Waals surface area contributed by atoms with Crippen molar-refractivity contribution in [2.24, 2.45) is 0 Å². The molecule has 5 nitrogen and oxygen atoms in total. The van der Waals surface area contributed by atoms with E-state index in [9.17, 15) is 18.9 Å². The van der Waals surface area contributed by atoms with E-state index in [1.165, 1.54) is 0 Å². The number of nitro groups is 1. The first-order chi connectivity index (χ1) is 7.16. The lowest BCUT2D eigenvalue weighted by Gasteiger charge is -2.19. The quantitative estimate of drug-likeness (QED) is 0.601. The smallest absolute Gasteiger partial charge is 0.258 e. The van der Waals surface area contributed by atoms with Crippen LogP contribution in [0, 0.1) is 10.1 Å². The van der Waals surface area contributed by atoms with Crippen LogP contribution in [0.3, 0.4) is 0 Å². The molecule has 0 aromatic carbocycles. The molecule has 0 saturated heterocycles. The first-order valence-corrected chi connectivity index (χ1v) is 4.75. The Hall–Kier alpha value is -1.24. The first kappa shape index (κ1) is 12.8. The van der Waals surface area contributed by atoms with Crippen LogP contribution >= 0.6 is 11.6 Å². The molecule has 0 aliphatic rings. The highest BCUT2D eigenvalue weighted by Gasteiger charge is 2.35. The van der Waals surface area contributed by atoms with Gasteiger partial charge in [-0.1, -0.05) is 11.6 Å². The van der Waals surface area contributed by atoms with Gasteiger partial charge in [0.15, 0.2) is 0 Å². The van der Waals surface area contributed by atoms with E-state index in [0.29, 0.717) is 0 Å². The van der Waals surface area contributed by atoms with Crippen molar-refractivity contribution in [3.8, 4) is 0 Å². The second kappa shape index (κ2) is 3.97. The maximum atomic E-state index is 12.5. The molecular weight excluding hydrogens is 244 g/mol. The molecule has 0 bridgehead atoms. The zero-order chi connectivity index (χ0) is 12.7. The minimum absolute atomic E-state index is 0.382. The highest BCUT2D eigenvalue weighted by Crippen LogP contribution is 2.36. The Kier molecular flexibility index (Phi) is 3.18. The van der Waals surface area contributed by atoms with Gasteiger partial charge >= 0.3 is 5.69 Å². The molecule has 0 fully saturated rings. The fraction of sp³-hybridized carbons (Fsp3) is 0.625. The summed E-state index contributed by atoms with van der Waals surface area (Å²) in [6.45, 7) is 4.97. The van der Waals surface area contributed by atoms with Crippen LogP contribution in [0.5, 0.6) is 0 Å². The summed E-state index contributed by atoms with van der Waals surface area (Å²) in [6.07, 6.45) is -3.03. The third-order valence-electron chi connectivity index (χ3n) is 1.86. The lowest BCUT2D eigenvalue weighted by atomic mass is 10.1. The molecule has 0 N–H and O–H groups in total. The lowest BCUT2D eigenvalue weighted by molar-refractivity contribution is -0.386. The molecule has 1 aromatic heterocycles. The second-order valence-corrected chi connectivity index (χ2v) is 4.52. The van der Waals surface area contributed by atoms with Crippen LogP contribution in [0.15, 0.2) is 0 Å². The van der Waals surface area contributed by atoms with Crippen molar-refractivity contribution in [3.63, 3.8) is 0 Å². The van der Waals surface area contributed by atoms with E-state index in [2.05, 4.69) is 5.10 Å². The van der Waals surface area contributed by atoms with Gasteiger partial charge in [-0.2, -0.15) is 5.10 Å². The molecule has 0 aliphatic carbocycles. The van der Waals surface area contributed by atoms with Crippen LogP contribution in [0.4, 0.5) is 14.5 Å². The van der Waals surface area contributed by atoms with Crippen molar-refractivity contribution < 1.29 is 13.7 Å². The Balaban J connectivity index is 3.48. The van der Waals surface area contributed by atoms with Crippen LogP contribution in [0.1, 0.15) is 32.9 Å². The molecule has 1 aromatic rings. The molecular formula is C8H10ClF2N3O2. The minimum Gasteiger partial charge on any atom is -0.258 e. The highest BCUT2D eigenvalue weighted by atomic mass is 35.5. The average Bonchev–Trinajstić information content (AvgIpc) is 2.41. The zero-order valence-corrected chi connectivity index (χ0v) is 9.63. The Labute approximate surface area is 95.2 Å². The van der Waals surface area contributed by atoms with Gasteiger partial charge in [0.25, 0.3) is 6.43 Å². The van der Waals surface area contributed by atoms with E-state index >= 15 is 0 Å². The van der Waals surface area contributed by atoms with Crippen LogP contribution in [0.25, 0.3) is 0 Å². The summed E-state index contributed by atoms with van der Waals surface area (Å²) in [6, 6.07) is 0. The van der Waals surface area contributed by atoms with Crippen molar-refractivity contribution >= 4 is 17.3 Å². The predicted octanol–water partition coefficient (Wildman–Crippen LogP) is 3.14. The van der Waals surface area contributed by atoms with E-state index < -0.39 is 28.3 Å². The number of hydrogen-bond acceptors (Lipinski definition) is 3. The number of halogens is 3. The molecule has 8 heteroatoms. The number of nitrogens with zero attached hydrogens (tertiary/aromatic N) is 3. The molecule has 0 saturated carbocycles. The average molecular weight is 254 g/mol. The van der Waals surface area contributed by atoms with Crippen LogP contribution in [0.2, 0.25) is 5.15 Å². The van der Waals surface area contributed by atoms with Gasteiger partial charge in [-0.25, -0.2) is 13.5 Å². The number of rotatable bonds is 2. The van der Waals surface area contributed by atoms with Gasteiger partial charge in [0.2, 0.25) is 10.8 Å². The Morgan fingerprint density at radius 2 is 2.00 bits per heavy atom. The number of aromatic nitrogens is 2. The number of alkyl halides is 2. The lowest BCUT2D eigenvalue weighted by Crippen LogP contribution is -2.23. The fourth-order valence-corrected chi connectivity index (χ4v) is 1.62. The molecule has 16 heavy (non-hydrogen) atoms. The van der Waals surface area contributed by atoms with Gasteiger partial charge < -0.3 is 0 Å². The van der Waals surface area contributed by atoms with Crippen molar-refractivity contribution in [2.45, 2.75) is 32.7 Å². The summed E-state index contributed by atoms with van der Waals surface area (Å²) in [5.74, 6) is 0. The zero-order valence-electron chi connectivity index (χ0n) is 8.87. The molecule has 0 atom stereocenters. The van der Waals surface area contributed by atoms with E-state index in [4.69, 9.17) is 11.6 Å². The maximum Gasteiger partial charge on any atom is 0.335 e. The normalized spacial score (nSPS) is 12.2. The van der Waals surface area contributed by atoms with E-state index in [1.54, 1.807) is 20.8 Å². The highest BCUT2D eigenvalue weighted by molar-refractivity contribution is 6.31. The summed E-state index contributed by atoms with van der Waals surface area (Å²) in [7, 11) is 0. The third kappa shape index (κ3) is 2.13. The van der Waals surface area contributed by atoms with Crippen LogP contribution in [-0.2, 0) is 5.54 Å². The predicted molar refractivity (Wildman–Crippen MR) is 53.8 cm³/mol. The molecule has 1 rings (SSSR count). The minimum atomic E-state index is -3.03. The standard InChI is InChI=1S/C8H10ClF2N3O2/c1-8(2,3)13-6(9)5(14(15)16)4(12-13)7(10)11/h7H,1-3H3. The van der Waals surface area contributed by atoms with Gasteiger partial charge in [-0.15, -0.1) is 0 Å². The van der Waals surface area contributed by atoms with E-state index in [1.807, 2.05) is 0 Å². The molecule has 0 amide bonds. The molecule has 0 spiro atoms. The molecule has 0 aliphatic heterocycles. The van der Waals surface area contributed by atoms with Crippen LogP contribution < -0.4 is 0 Å². The summed E-state index contributed by atoms with van der Waals surface area (Å²) < 4.78 is 26.1. The van der Waals surface area contributed by atoms with E-state index in [0.717, 1.165) is 4.68 Å². The largest absolute Gasteiger partial charge is 0.335 e. The van der Waals surface area contributed by atoms with Gasteiger partial charge in [0.1, 0.15) is 0 Å². The summed E-state index contributed by atoms with van der Waals surface area (Å²) >= 11 is 5.68. The van der Waals surface area contributed by atoms with Crippen molar-refractivity contribution in [2.75, 3.05) is 0 Å². The van der Waals surface area contributed by atoms with E-state index in [-0.39, 0.29) is 5.15 Å². The van der Waals surface area contributed by atoms with Gasteiger partial charge in [-0.05, 0) is 20.8 Å². The fourth-order valence-electron chi connectivity index (χ4n) is 1.17. The van der Waals surface area contributed by atoms with Gasteiger partial charge in [0.05, 0.1) is 10.5 Å². The van der Waals surface area contributed by atoms with Crippen molar-refractivity contribution in [1.82, 2.24) is 9.78 Å². The summed E-state index contributed by atoms with van der Waals surface area (Å²) in [4.78, 5) is 9.68. The third-order valence-corrected chi connectivity index (χ3v) is 2.20. The Bertz CT molecular complexity index is 426. The first-order valence-electron chi connectivity index (χ1n) is 4.37. The monoisotopic (exact) mass is 253 g/mol. The van der Waals surface area contributed by atoms with Crippen LogP contribution in [-0.4, -0.2) is 14.7 Å². The maximum absolute atomic E-state index is 12.5. The molecule has 0 unspecified atom stereocenters. The topological polar surface area (TPSA) is 61.0 Å². The SMILES string of the molecule is CC(C)(C)n1nc(C(F)F)c([N+](=O)[O-])c1Cl. The Morgan fingerprint density at radius 3 is 2.25 bits per heavy atom. The Morgan fingerprint density at radius 1 is 1.50 bits per heavy atom. The van der Waals surface area contributed by atoms with Crippen molar-refractivity contribution in [3.05, 3.63) is 21.0 Å². The molecule has 1 heterocycles. The van der Waals surface area contributed by atoms with Gasteiger partial charge in [0, 0.05) is 0 Å². The molecule has 0 radical (unpaired) electrons. The van der Waals surface area contributed by atoms with Gasteiger partial charge in [-0.3, -0.25) is 10.1 Å². The summed E-state index contributed by atoms with van der Waals surface area (Å²) in [5.41, 5.74) is -2.42.